The minimum Gasteiger partial charge on any atom is -0.378 e. The number of amides is 1. The molecule has 2 N–H and O–H groups in total. The largest absolute Gasteiger partial charge is 0.378 e. The number of carbonyl (C=O) groups is 1. The molecule has 0 unspecified atom stereocenters. The molecular formula is C27H29N5OS. The van der Waals surface area contributed by atoms with Crippen LogP contribution in [0.2, 0.25) is 0 Å². The van der Waals surface area contributed by atoms with Crippen LogP contribution in [0.15, 0.2) is 78.0 Å². The van der Waals surface area contributed by atoms with Gasteiger partial charge in [-0.3, -0.25) is 4.79 Å². The number of para-hydroxylation sites is 1. The molecule has 7 heteroatoms. The molecule has 0 spiro atoms. The van der Waals surface area contributed by atoms with Crippen LogP contribution in [-0.4, -0.2) is 26.4 Å². The second kappa shape index (κ2) is 11.0. The first-order valence-corrected chi connectivity index (χ1v) is 12.3. The number of thioether (sulfide) groups is 1. The monoisotopic (exact) mass is 471 g/mol. The molecule has 0 aliphatic heterocycles. The van der Waals surface area contributed by atoms with Crippen LogP contribution in [0.5, 0.6) is 0 Å². The van der Waals surface area contributed by atoms with Gasteiger partial charge >= 0.3 is 0 Å². The molecule has 34 heavy (non-hydrogen) atoms. The fourth-order valence-electron chi connectivity index (χ4n) is 3.84. The third-order valence-corrected chi connectivity index (χ3v) is 6.51. The molecule has 6 nitrogen and oxygen atoms in total. The van der Waals surface area contributed by atoms with E-state index in [4.69, 9.17) is 0 Å². The summed E-state index contributed by atoms with van der Waals surface area (Å²) in [6.45, 7) is 7.55. The maximum Gasteiger partial charge on any atom is 0.234 e. The van der Waals surface area contributed by atoms with Crippen LogP contribution in [0, 0.1) is 13.8 Å². The second-order valence-electron chi connectivity index (χ2n) is 8.06. The SMILES string of the molecule is CCn1c(CNc2ccc(C)cc2C)nnc1SCC(=O)Nc1ccccc1-c1ccccc1. The minimum absolute atomic E-state index is 0.0750. The number of anilines is 2. The smallest absolute Gasteiger partial charge is 0.234 e. The predicted molar refractivity (Wildman–Crippen MR) is 140 cm³/mol. The van der Waals surface area contributed by atoms with Crippen LogP contribution in [0.1, 0.15) is 23.9 Å². The second-order valence-corrected chi connectivity index (χ2v) is 9.01. The Kier molecular flexibility index (Phi) is 7.65. The molecule has 0 aliphatic carbocycles. The molecule has 174 valence electrons. The highest BCUT2D eigenvalue weighted by Crippen LogP contribution is 2.28. The lowest BCUT2D eigenvalue weighted by Crippen LogP contribution is -2.15. The van der Waals surface area contributed by atoms with Crippen molar-refractivity contribution in [2.45, 2.75) is 39.0 Å². The molecule has 0 atom stereocenters. The highest BCUT2D eigenvalue weighted by molar-refractivity contribution is 7.99. The summed E-state index contributed by atoms with van der Waals surface area (Å²) in [5.41, 5.74) is 6.39. The third-order valence-electron chi connectivity index (χ3n) is 5.55. The zero-order valence-electron chi connectivity index (χ0n) is 19.7. The number of aryl methyl sites for hydroxylation is 2. The lowest BCUT2D eigenvalue weighted by Gasteiger charge is -2.12. The van der Waals surface area contributed by atoms with Crippen molar-refractivity contribution in [1.82, 2.24) is 14.8 Å². The van der Waals surface area contributed by atoms with Gasteiger partial charge in [0.1, 0.15) is 0 Å². The summed E-state index contributed by atoms with van der Waals surface area (Å²) in [7, 11) is 0. The Balaban J connectivity index is 1.39. The number of nitrogens with zero attached hydrogens (tertiary/aromatic N) is 3. The normalized spacial score (nSPS) is 10.8. The fourth-order valence-corrected chi connectivity index (χ4v) is 4.66. The van der Waals surface area contributed by atoms with Crippen molar-refractivity contribution >= 4 is 29.0 Å². The topological polar surface area (TPSA) is 71.8 Å². The van der Waals surface area contributed by atoms with Crippen molar-refractivity contribution in [2.24, 2.45) is 0 Å². The standard InChI is InChI=1S/C27H29N5OS/c1-4-32-25(17-28-23-15-14-19(2)16-20(23)3)30-31-27(32)34-18-26(33)29-24-13-9-8-12-22(24)21-10-6-5-7-11-21/h5-16,28H,4,17-18H2,1-3H3,(H,29,33). The number of benzene rings is 3. The Morgan fingerprint density at radius 2 is 1.71 bits per heavy atom. The van der Waals surface area contributed by atoms with Crippen LogP contribution in [0.3, 0.4) is 0 Å². The molecule has 4 rings (SSSR count). The van der Waals surface area contributed by atoms with Crippen LogP contribution in [0.25, 0.3) is 11.1 Å². The number of aromatic nitrogens is 3. The minimum atomic E-state index is -0.0750. The number of rotatable bonds is 9. The molecule has 0 aliphatic rings. The first kappa shape index (κ1) is 23.6. The van der Waals surface area contributed by atoms with Gasteiger partial charge in [-0.2, -0.15) is 0 Å². The maximum atomic E-state index is 12.7. The van der Waals surface area contributed by atoms with Gasteiger partial charge in [0.15, 0.2) is 11.0 Å². The summed E-state index contributed by atoms with van der Waals surface area (Å²) < 4.78 is 2.05. The van der Waals surface area contributed by atoms with Gasteiger partial charge in [-0.25, -0.2) is 0 Å². The van der Waals surface area contributed by atoms with Crippen molar-refractivity contribution < 1.29 is 4.79 Å². The summed E-state index contributed by atoms with van der Waals surface area (Å²) in [4.78, 5) is 12.7. The predicted octanol–water partition coefficient (Wildman–Crippen LogP) is 5.92. The summed E-state index contributed by atoms with van der Waals surface area (Å²) in [5.74, 6) is 1.03. The number of carbonyl (C=O) groups excluding carboxylic acids is 1. The van der Waals surface area contributed by atoms with Gasteiger partial charge in [-0.1, -0.05) is 78.0 Å². The Morgan fingerprint density at radius 1 is 0.941 bits per heavy atom. The molecule has 0 saturated carbocycles. The van der Waals surface area contributed by atoms with E-state index in [0.29, 0.717) is 6.54 Å². The van der Waals surface area contributed by atoms with E-state index in [1.54, 1.807) is 0 Å². The third kappa shape index (κ3) is 5.66. The average Bonchev–Trinajstić information content (AvgIpc) is 3.25. The van der Waals surface area contributed by atoms with Crippen molar-refractivity contribution in [2.75, 3.05) is 16.4 Å². The molecule has 3 aromatic carbocycles. The zero-order chi connectivity index (χ0) is 23.9. The van der Waals surface area contributed by atoms with E-state index in [-0.39, 0.29) is 11.7 Å². The molecule has 4 aromatic rings. The first-order valence-electron chi connectivity index (χ1n) is 11.4. The van der Waals surface area contributed by atoms with Gasteiger partial charge < -0.3 is 15.2 Å². The molecular weight excluding hydrogens is 442 g/mol. The van der Waals surface area contributed by atoms with Crippen molar-refractivity contribution in [3.8, 4) is 11.1 Å². The van der Waals surface area contributed by atoms with E-state index in [0.717, 1.165) is 40.0 Å². The summed E-state index contributed by atoms with van der Waals surface area (Å²) >= 11 is 1.40. The maximum absolute atomic E-state index is 12.7. The highest BCUT2D eigenvalue weighted by Gasteiger charge is 2.14. The molecule has 1 amide bonds. The van der Waals surface area contributed by atoms with Gasteiger partial charge in [0.05, 0.1) is 12.3 Å². The van der Waals surface area contributed by atoms with E-state index in [1.165, 1.54) is 22.9 Å². The first-order chi connectivity index (χ1) is 16.5. The average molecular weight is 472 g/mol. The van der Waals surface area contributed by atoms with E-state index in [9.17, 15) is 4.79 Å². The molecule has 0 bridgehead atoms. The van der Waals surface area contributed by atoms with E-state index >= 15 is 0 Å². The lowest BCUT2D eigenvalue weighted by molar-refractivity contribution is -0.113. The Labute approximate surface area is 204 Å². The van der Waals surface area contributed by atoms with Crippen molar-refractivity contribution in [3.63, 3.8) is 0 Å². The quantitative estimate of drug-likeness (QED) is 0.296. The van der Waals surface area contributed by atoms with Crippen LogP contribution in [-0.2, 0) is 17.9 Å². The zero-order valence-corrected chi connectivity index (χ0v) is 20.5. The molecule has 0 fully saturated rings. The summed E-state index contributed by atoms with van der Waals surface area (Å²) in [5, 5.41) is 15.9. The van der Waals surface area contributed by atoms with Crippen LogP contribution < -0.4 is 10.6 Å². The summed E-state index contributed by atoms with van der Waals surface area (Å²) in [6.07, 6.45) is 0. The lowest BCUT2D eigenvalue weighted by atomic mass is 10.0. The van der Waals surface area contributed by atoms with Gasteiger partial charge in [0.25, 0.3) is 0 Å². The Morgan fingerprint density at radius 3 is 2.47 bits per heavy atom. The van der Waals surface area contributed by atoms with Gasteiger partial charge in [0, 0.05) is 23.5 Å². The van der Waals surface area contributed by atoms with Crippen molar-refractivity contribution in [3.05, 3.63) is 89.7 Å². The number of hydrogen-bond acceptors (Lipinski definition) is 5. The van der Waals surface area contributed by atoms with E-state index in [2.05, 4.69) is 59.8 Å². The van der Waals surface area contributed by atoms with E-state index in [1.807, 2.05) is 59.2 Å². The molecule has 0 saturated heterocycles. The summed E-state index contributed by atoms with van der Waals surface area (Å²) in [6, 6.07) is 24.2. The van der Waals surface area contributed by atoms with Gasteiger partial charge in [-0.05, 0) is 44.0 Å². The van der Waals surface area contributed by atoms with Gasteiger partial charge in [-0.15, -0.1) is 10.2 Å². The highest BCUT2D eigenvalue weighted by atomic mass is 32.2. The van der Waals surface area contributed by atoms with Crippen molar-refractivity contribution in [1.29, 1.82) is 0 Å². The Hall–Kier alpha value is -3.58. The van der Waals surface area contributed by atoms with Gasteiger partial charge in [0.2, 0.25) is 5.91 Å². The number of hydrogen-bond donors (Lipinski definition) is 2. The molecule has 1 heterocycles. The van der Waals surface area contributed by atoms with E-state index < -0.39 is 0 Å². The fraction of sp³-hybridized carbons (Fsp3) is 0.222. The molecule has 0 radical (unpaired) electrons. The Bertz CT molecular complexity index is 1270. The van der Waals surface area contributed by atoms with Crippen LogP contribution >= 0.6 is 11.8 Å². The van der Waals surface area contributed by atoms with Crippen LogP contribution in [0.4, 0.5) is 11.4 Å². The number of nitrogens with one attached hydrogen (secondary N) is 2. The molecule has 1 aromatic heterocycles.